The van der Waals surface area contributed by atoms with Crippen LogP contribution in [0.1, 0.15) is 16.7 Å². The molecular formula is C23H21N3O4S. The zero-order chi connectivity index (χ0) is 22.5. The van der Waals surface area contributed by atoms with Gasteiger partial charge in [0, 0.05) is 16.5 Å². The minimum Gasteiger partial charge on any atom is -0.505 e. The number of hydrogen-bond acceptors (Lipinski definition) is 6. The molecule has 0 aliphatic carbocycles. The van der Waals surface area contributed by atoms with Crippen molar-refractivity contribution in [3.63, 3.8) is 0 Å². The van der Waals surface area contributed by atoms with Gasteiger partial charge in [-0.3, -0.25) is 4.55 Å². The predicted octanol–water partition coefficient (Wildman–Crippen LogP) is 5.87. The lowest BCUT2D eigenvalue weighted by Crippen LogP contribution is -2.00. The first-order valence-electron chi connectivity index (χ1n) is 9.51. The summed E-state index contributed by atoms with van der Waals surface area (Å²) in [5.74, 6) is -0.0837. The fourth-order valence-corrected chi connectivity index (χ4v) is 4.70. The van der Waals surface area contributed by atoms with Gasteiger partial charge in [-0.2, -0.15) is 8.42 Å². The minimum atomic E-state index is -4.59. The number of phenolic OH excluding ortho intramolecular Hbond substituents is 1. The first-order valence-corrected chi connectivity index (χ1v) is 11.0. The molecule has 0 heterocycles. The van der Waals surface area contributed by atoms with E-state index in [1.165, 1.54) is 6.07 Å². The van der Waals surface area contributed by atoms with E-state index in [4.69, 9.17) is 5.73 Å². The normalized spacial score (nSPS) is 12.3. The van der Waals surface area contributed by atoms with Crippen LogP contribution in [-0.2, 0) is 10.1 Å². The van der Waals surface area contributed by atoms with Crippen LogP contribution in [0.5, 0.6) is 5.75 Å². The zero-order valence-electron chi connectivity index (χ0n) is 17.2. The van der Waals surface area contributed by atoms with Crippen molar-refractivity contribution in [1.82, 2.24) is 0 Å². The number of azo groups is 1. The summed E-state index contributed by atoms with van der Waals surface area (Å²) in [6.45, 7) is 5.47. The predicted molar refractivity (Wildman–Crippen MR) is 122 cm³/mol. The Morgan fingerprint density at radius 3 is 2.26 bits per heavy atom. The van der Waals surface area contributed by atoms with Crippen molar-refractivity contribution in [2.45, 2.75) is 25.7 Å². The van der Waals surface area contributed by atoms with Crippen LogP contribution in [0.4, 0.5) is 17.1 Å². The van der Waals surface area contributed by atoms with Crippen LogP contribution < -0.4 is 5.73 Å². The summed E-state index contributed by atoms with van der Waals surface area (Å²) < 4.78 is 34.4. The van der Waals surface area contributed by atoms with E-state index in [0.29, 0.717) is 27.4 Å². The number of rotatable bonds is 3. The quantitative estimate of drug-likeness (QED) is 0.211. The topological polar surface area (TPSA) is 125 Å². The molecule has 0 aromatic heterocycles. The van der Waals surface area contributed by atoms with E-state index in [-0.39, 0.29) is 22.0 Å². The summed E-state index contributed by atoms with van der Waals surface area (Å²) in [5.41, 5.74) is 8.95. The Hall–Kier alpha value is -3.49. The third-order valence-corrected chi connectivity index (χ3v) is 6.18. The van der Waals surface area contributed by atoms with E-state index in [0.717, 1.165) is 16.5 Å². The molecule has 0 bridgehead atoms. The molecule has 0 spiro atoms. The van der Waals surface area contributed by atoms with Crippen molar-refractivity contribution in [2.75, 3.05) is 5.73 Å². The van der Waals surface area contributed by atoms with Crippen LogP contribution in [0.2, 0.25) is 0 Å². The maximum Gasteiger partial charge on any atom is 0.297 e. The van der Waals surface area contributed by atoms with Gasteiger partial charge in [0.1, 0.15) is 16.3 Å². The van der Waals surface area contributed by atoms with Crippen molar-refractivity contribution in [3.05, 3.63) is 65.2 Å². The molecule has 0 saturated heterocycles. The van der Waals surface area contributed by atoms with Crippen molar-refractivity contribution in [2.24, 2.45) is 10.2 Å². The van der Waals surface area contributed by atoms with Gasteiger partial charge in [0.05, 0.1) is 0 Å². The van der Waals surface area contributed by atoms with Crippen LogP contribution in [0.3, 0.4) is 0 Å². The van der Waals surface area contributed by atoms with Gasteiger partial charge in [0.15, 0.2) is 5.75 Å². The summed E-state index contributed by atoms with van der Waals surface area (Å²) in [6.07, 6.45) is 0. The molecule has 8 heteroatoms. The van der Waals surface area contributed by atoms with Gasteiger partial charge in [0.2, 0.25) is 0 Å². The van der Waals surface area contributed by atoms with Gasteiger partial charge < -0.3 is 10.8 Å². The highest BCUT2D eigenvalue weighted by Gasteiger charge is 2.21. The van der Waals surface area contributed by atoms with E-state index in [9.17, 15) is 18.1 Å². The van der Waals surface area contributed by atoms with Gasteiger partial charge in [0.25, 0.3) is 10.1 Å². The number of aromatic hydroxyl groups is 1. The number of nitrogen functional groups attached to an aromatic ring is 1. The van der Waals surface area contributed by atoms with Crippen LogP contribution in [0, 0.1) is 20.8 Å². The zero-order valence-corrected chi connectivity index (χ0v) is 18.0. The van der Waals surface area contributed by atoms with Gasteiger partial charge in [-0.25, -0.2) is 0 Å². The molecule has 7 nitrogen and oxygen atoms in total. The Morgan fingerprint density at radius 2 is 1.55 bits per heavy atom. The Bertz CT molecular complexity index is 1510. The lowest BCUT2D eigenvalue weighted by atomic mass is 10.0. The molecule has 0 atom stereocenters. The monoisotopic (exact) mass is 435 g/mol. The molecule has 4 N–H and O–H groups in total. The Morgan fingerprint density at radius 1 is 0.839 bits per heavy atom. The molecule has 4 aromatic carbocycles. The number of aryl methyl sites for hydroxylation is 3. The molecule has 4 aromatic rings. The summed E-state index contributed by atoms with van der Waals surface area (Å²) in [6, 6.07) is 13.8. The highest BCUT2D eigenvalue weighted by atomic mass is 32.2. The van der Waals surface area contributed by atoms with Crippen LogP contribution >= 0.6 is 0 Å². The number of hydrogen-bond donors (Lipinski definition) is 3. The standard InChI is InChI=1S/C23H21N3O4S/c1-12-8-13(2)17-6-7-20(23(19(17)9-12)31(28,29)30)25-26-21-14(3)10-15-11-16(24)4-5-18(15)22(21)27/h4-11,27H,24H2,1-3H3,(H,28,29,30). The molecule has 0 radical (unpaired) electrons. The van der Waals surface area contributed by atoms with E-state index >= 15 is 0 Å². The number of nitrogens with zero attached hydrogens (tertiary/aromatic N) is 2. The van der Waals surface area contributed by atoms with E-state index in [1.54, 1.807) is 37.3 Å². The van der Waals surface area contributed by atoms with Gasteiger partial charge in [-0.15, -0.1) is 10.2 Å². The Balaban J connectivity index is 1.94. The van der Waals surface area contributed by atoms with Gasteiger partial charge in [-0.05, 0) is 79.1 Å². The van der Waals surface area contributed by atoms with Crippen molar-refractivity contribution in [3.8, 4) is 5.75 Å². The largest absolute Gasteiger partial charge is 0.505 e. The number of nitrogens with two attached hydrogens (primary N) is 1. The van der Waals surface area contributed by atoms with E-state index in [2.05, 4.69) is 10.2 Å². The van der Waals surface area contributed by atoms with Crippen LogP contribution in [-0.4, -0.2) is 18.1 Å². The first kappa shape index (κ1) is 20.8. The summed E-state index contributed by atoms with van der Waals surface area (Å²) >= 11 is 0. The number of benzene rings is 4. The Kier molecular flexibility index (Phi) is 4.91. The lowest BCUT2D eigenvalue weighted by Gasteiger charge is -2.11. The fraction of sp³-hybridized carbons (Fsp3) is 0.130. The number of phenols is 1. The summed E-state index contributed by atoms with van der Waals surface area (Å²) in [5, 5.41) is 21.3. The fourth-order valence-electron chi connectivity index (χ4n) is 3.88. The smallest absolute Gasteiger partial charge is 0.297 e. The Labute approximate surface area is 179 Å². The second kappa shape index (κ2) is 7.33. The van der Waals surface area contributed by atoms with E-state index < -0.39 is 10.1 Å². The van der Waals surface area contributed by atoms with Crippen molar-refractivity contribution < 1.29 is 18.1 Å². The average molecular weight is 436 g/mol. The molecule has 0 saturated carbocycles. The molecule has 0 amide bonds. The SMILES string of the molecule is Cc1cc(C)c2ccc(N=Nc3c(C)cc4cc(N)ccc4c3O)c(S(=O)(=O)O)c2c1. The summed E-state index contributed by atoms with van der Waals surface area (Å²) in [7, 11) is -4.59. The third-order valence-electron chi connectivity index (χ3n) is 5.23. The molecule has 0 fully saturated rings. The maximum absolute atomic E-state index is 12.2. The second-order valence-corrected chi connectivity index (χ2v) is 9.00. The van der Waals surface area contributed by atoms with E-state index in [1.807, 2.05) is 26.0 Å². The van der Waals surface area contributed by atoms with Gasteiger partial charge >= 0.3 is 0 Å². The van der Waals surface area contributed by atoms with Crippen LogP contribution in [0.15, 0.2) is 63.7 Å². The molecule has 0 aliphatic heterocycles. The maximum atomic E-state index is 12.2. The minimum absolute atomic E-state index is 0.0174. The molecule has 4 rings (SSSR count). The van der Waals surface area contributed by atoms with Crippen LogP contribution in [0.25, 0.3) is 21.5 Å². The van der Waals surface area contributed by atoms with Crippen molar-refractivity contribution in [1.29, 1.82) is 0 Å². The molecule has 158 valence electrons. The van der Waals surface area contributed by atoms with Gasteiger partial charge in [-0.1, -0.05) is 17.7 Å². The summed E-state index contributed by atoms with van der Waals surface area (Å²) in [4.78, 5) is -0.314. The lowest BCUT2D eigenvalue weighted by molar-refractivity contribution is 0.482. The highest BCUT2D eigenvalue weighted by Crippen LogP contribution is 2.41. The van der Waals surface area contributed by atoms with Crippen molar-refractivity contribution >= 4 is 48.7 Å². The molecular weight excluding hydrogens is 414 g/mol. The number of anilines is 1. The highest BCUT2D eigenvalue weighted by molar-refractivity contribution is 7.86. The average Bonchev–Trinajstić information content (AvgIpc) is 2.65. The molecule has 0 unspecified atom stereocenters. The number of fused-ring (bicyclic) bond motifs is 2. The third kappa shape index (κ3) is 3.71. The second-order valence-electron chi connectivity index (χ2n) is 7.64. The first-order chi connectivity index (χ1) is 14.6. The molecule has 31 heavy (non-hydrogen) atoms. The molecule has 0 aliphatic rings.